The van der Waals surface area contributed by atoms with Crippen molar-refractivity contribution in [3.8, 4) is 22.6 Å². The van der Waals surface area contributed by atoms with Gasteiger partial charge in [-0.1, -0.05) is 55.8 Å². The lowest BCUT2D eigenvalue weighted by Gasteiger charge is -2.41. The molecule has 1 N–H and O–H groups in total. The van der Waals surface area contributed by atoms with Gasteiger partial charge in [0.25, 0.3) is 0 Å². The van der Waals surface area contributed by atoms with Gasteiger partial charge < -0.3 is 24.2 Å². The minimum absolute atomic E-state index is 0.136. The Morgan fingerprint density at radius 1 is 1.00 bits per heavy atom. The molecule has 0 bridgehead atoms. The Morgan fingerprint density at radius 3 is 2.29 bits per heavy atom. The summed E-state index contributed by atoms with van der Waals surface area (Å²) in [6, 6.07) is 21.4. The molecule has 1 atom stereocenters. The third-order valence-electron chi connectivity index (χ3n) is 8.75. The van der Waals surface area contributed by atoms with Crippen LogP contribution in [0.2, 0.25) is 5.02 Å². The molecule has 1 aliphatic heterocycles. The number of carboxylic acid groups (broad SMARTS) is 1. The molecule has 1 aromatic heterocycles. The summed E-state index contributed by atoms with van der Waals surface area (Å²) >= 11 is 6.26. The Balaban J connectivity index is 1.60. The average Bonchev–Trinajstić information content (AvgIpc) is 3.03. The molecule has 1 saturated heterocycles. The van der Waals surface area contributed by atoms with Crippen molar-refractivity contribution in [2.45, 2.75) is 79.1 Å². The summed E-state index contributed by atoms with van der Waals surface area (Å²) in [5.74, 6) is -0.0490. The Labute approximate surface area is 294 Å². The van der Waals surface area contributed by atoms with E-state index in [9.17, 15) is 14.3 Å². The number of pyridine rings is 1. The topological polar surface area (TPSA) is 81.1 Å². The highest BCUT2D eigenvalue weighted by atomic mass is 35.5. The number of anilines is 1. The molecule has 0 saturated carbocycles. The molecule has 260 valence electrons. The van der Waals surface area contributed by atoms with E-state index in [0.717, 1.165) is 48.3 Å². The molecule has 49 heavy (non-hydrogen) atoms. The molecule has 0 aliphatic carbocycles. The van der Waals surface area contributed by atoms with E-state index >= 15 is 0 Å². The van der Waals surface area contributed by atoms with E-state index in [1.807, 2.05) is 64.1 Å². The van der Waals surface area contributed by atoms with Crippen LogP contribution in [0.4, 0.5) is 10.1 Å². The van der Waals surface area contributed by atoms with Gasteiger partial charge in [0.15, 0.2) is 6.10 Å². The molecule has 5 rings (SSSR count). The summed E-state index contributed by atoms with van der Waals surface area (Å²) in [5, 5.41) is 11.2. The lowest BCUT2D eigenvalue weighted by molar-refractivity contribution is -0.160. The minimum atomic E-state index is -1.24. The van der Waals surface area contributed by atoms with Crippen LogP contribution in [0.5, 0.6) is 11.5 Å². The average molecular weight is 689 g/mol. The number of hydrogen-bond acceptors (Lipinski definition) is 6. The van der Waals surface area contributed by atoms with Crippen LogP contribution >= 0.6 is 11.6 Å². The van der Waals surface area contributed by atoms with Gasteiger partial charge in [-0.25, -0.2) is 9.18 Å². The summed E-state index contributed by atoms with van der Waals surface area (Å²) in [6.45, 7) is 14.0. The van der Waals surface area contributed by atoms with E-state index < -0.39 is 17.7 Å². The highest BCUT2D eigenvalue weighted by molar-refractivity contribution is 6.30. The lowest BCUT2D eigenvalue weighted by Crippen LogP contribution is -2.39. The number of halogens is 2. The number of carboxylic acids is 1. The lowest BCUT2D eigenvalue weighted by atomic mass is 9.81. The highest BCUT2D eigenvalue weighted by Crippen LogP contribution is 2.45. The van der Waals surface area contributed by atoms with Crippen LogP contribution in [-0.4, -0.2) is 41.4 Å². The second-order valence-corrected chi connectivity index (χ2v) is 14.8. The van der Waals surface area contributed by atoms with Gasteiger partial charge in [-0.05, 0) is 99.5 Å². The van der Waals surface area contributed by atoms with Crippen LogP contribution in [0.1, 0.15) is 76.1 Å². The number of ether oxygens (including phenoxy) is 3. The molecule has 0 spiro atoms. The van der Waals surface area contributed by atoms with Crippen LogP contribution in [0.15, 0.2) is 72.8 Å². The smallest absolute Gasteiger partial charge is 0.337 e. The van der Waals surface area contributed by atoms with E-state index in [4.69, 9.17) is 30.8 Å². The van der Waals surface area contributed by atoms with Crippen molar-refractivity contribution in [2.24, 2.45) is 5.41 Å². The van der Waals surface area contributed by atoms with Gasteiger partial charge in [0.05, 0.1) is 23.6 Å². The predicted molar refractivity (Wildman–Crippen MR) is 192 cm³/mol. The predicted octanol–water partition coefficient (Wildman–Crippen LogP) is 9.62. The molecule has 1 aliphatic rings. The number of carbonyl (C=O) groups is 1. The normalized spacial score (nSPS) is 15.1. The summed E-state index contributed by atoms with van der Waals surface area (Å²) in [5.41, 5.74) is 4.67. The van der Waals surface area contributed by atoms with Crippen molar-refractivity contribution in [2.75, 3.05) is 24.6 Å². The summed E-state index contributed by atoms with van der Waals surface area (Å²) < 4.78 is 31.9. The van der Waals surface area contributed by atoms with Crippen LogP contribution in [0, 0.1) is 18.2 Å². The first-order valence-electron chi connectivity index (χ1n) is 16.7. The van der Waals surface area contributed by atoms with E-state index in [0.29, 0.717) is 46.5 Å². The molecule has 1 unspecified atom stereocenters. The number of hydrogen-bond donors (Lipinski definition) is 1. The molecular weight excluding hydrogens is 643 g/mol. The van der Waals surface area contributed by atoms with Gasteiger partial charge in [-0.2, -0.15) is 0 Å². The van der Waals surface area contributed by atoms with Crippen molar-refractivity contribution >= 4 is 23.3 Å². The maximum absolute atomic E-state index is 13.3. The molecule has 1 fully saturated rings. The van der Waals surface area contributed by atoms with Crippen molar-refractivity contribution in [1.29, 1.82) is 0 Å². The number of aryl methyl sites for hydroxylation is 1. The third-order valence-corrected chi connectivity index (χ3v) is 8.99. The zero-order chi connectivity index (χ0) is 35.3. The van der Waals surface area contributed by atoms with Gasteiger partial charge in [-0.3, -0.25) is 4.98 Å². The fourth-order valence-corrected chi connectivity index (χ4v) is 6.28. The van der Waals surface area contributed by atoms with Crippen molar-refractivity contribution in [3.05, 3.63) is 106 Å². The minimum Gasteiger partial charge on any atom is -0.493 e. The molecule has 7 nitrogen and oxygen atoms in total. The number of nitrogens with zero attached hydrogens (tertiary/aromatic N) is 2. The number of rotatable bonds is 12. The molecular formula is C40H46ClFN2O5. The maximum atomic E-state index is 13.3. The number of piperidine rings is 1. The van der Waals surface area contributed by atoms with E-state index in [1.54, 1.807) is 24.3 Å². The number of aliphatic carboxylic acids is 1. The SMILES string of the molecule is Cc1nc(COc2cccc(Cl)c2)c(-c2ccc(OCCc3ccc(F)cc3)cc2)c(N2CCC(C)(C)CC2)c1C(OC(C)(C)C)C(=O)O. The summed E-state index contributed by atoms with van der Waals surface area (Å²) in [6.07, 6.45) is 1.28. The Morgan fingerprint density at radius 2 is 1.67 bits per heavy atom. The van der Waals surface area contributed by atoms with Crippen LogP contribution in [0.25, 0.3) is 11.1 Å². The molecule has 0 amide bonds. The fourth-order valence-electron chi connectivity index (χ4n) is 6.10. The first-order chi connectivity index (χ1) is 23.2. The second kappa shape index (κ2) is 15.2. The van der Waals surface area contributed by atoms with Gasteiger partial charge >= 0.3 is 5.97 Å². The Bertz CT molecular complexity index is 1740. The zero-order valence-corrected chi connectivity index (χ0v) is 29.9. The first-order valence-corrected chi connectivity index (χ1v) is 17.1. The van der Waals surface area contributed by atoms with Crippen molar-refractivity contribution in [3.63, 3.8) is 0 Å². The second-order valence-electron chi connectivity index (χ2n) is 14.4. The monoisotopic (exact) mass is 688 g/mol. The molecule has 3 aromatic carbocycles. The Kier molecular flexibility index (Phi) is 11.2. The van der Waals surface area contributed by atoms with Crippen molar-refractivity contribution < 1.29 is 28.5 Å². The van der Waals surface area contributed by atoms with Crippen LogP contribution in [-0.2, 0) is 22.6 Å². The van der Waals surface area contributed by atoms with Crippen molar-refractivity contribution in [1.82, 2.24) is 4.98 Å². The molecule has 9 heteroatoms. The largest absolute Gasteiger partial charge is 0.493 e. The van der Waals surface area contributed by atoms with Gasteiger partial charge in [0.2, 0.25) is 0 Å². The Hall–Kier alpha value is -4.14. The van der Waals surface area contributed by atoms with Gasteiger partial charge in [0, 0.05) is 41.4 Å². The highest BCUT2D eigenvalue weighted by Gasteiger charge is 2.37. The summed E-state index contributed by atoms with van der Waals surface area (Å²) in [4.78, 5) is 20.3. The first kappa shape index (κ1) is 36.1. The van der Waals surface area contributed by atoms with E-state index in [2.05, 4.69) is 18.7 Å². The van der Waals surface area contributed by atoms with Crippen LogP contribution < -0.4 is 14.4 Å². The van der Waals surface area contributed by atoms with E-state index in [1.165, 1.54) is 12.1 Å². The fraction of sp³-hybridized carbons (Fsp3) is 0.400. The molecule has 2 heterocycles. The van der Waals surface area contributed by atoms with Gasteiger partial charge in [-0.15, -0.1) is 0 Å². The standard InChI is InChI=1S/C40H46ClFN2O5/c1-26-34(37(38(45)46)49-39(2,3)4)36(44-21-19-40(5,6)20-22-44)35(33(43-26)25-48-32-9-7-8-29(41)24-32)28-12-16-31(17-13-28)47-23-18-27-10-14-30(42)15-11-27/h7-17,24,37H,18-23,25H2,1-6H3,(H,45,46). The number of benzene rings is 3. The zero-order valence-electron chi connectivity index (χ0n) is 29.2. The number of aromatic nitrogens is 1. The van der Waals surface area contributed by atoms with E-state index in [-0.39, 0.29) is 17.8 Å². The van der Waals surface area contributed by atoms with Gasteiger partial charge in [0.1, 0.15) is 23.9 Å². The molecule has 4 aromatic rings. The quantitative estimate of drug-likeness (QED) is 0.159. The third kappa shape index (κ3) is 9.52. The molecule has 0 radical (unpaired) electrons. The summed E-state index contributed by atoms with van der Waals surface area (Å²) in [7, 11) is 0. The maximum Gasteiger partial charge on any atom is 0.337 e. The van der Waals surface area contributed by atoms with Crippen LogP contribution in [0.3, 0.4) is 0 Å².